The third-order valence-corrected chi connectivity index (χ3v) is 3.32. The second-order valence-corrected chi connectivity index (χ2v) is 5.06. The van der Waals surface area contributed by atoms with Crippen molar-refractivity contribution >= 4 is 23.3 Å². The van der Waals surface area contributed by atoms with Crippen LogP contribution in [0.2, 0.25) is 0 Å². The van der Waals surface area contributed by atoms with E-state index in [-0.39, 0.29) is 17.3 Å². The zero-order valence-corrected chi connectivity index (χ0v) is 12.9. The predicted molar refractivity (Wildman–Crippen MR) is 90.8 cm³/mol. The van der Waals surface area contributed by atoms with E-state index in [0.29, 0.717) is 11.3 Å². The van der Waals surface area contributed by atoms with Gasteiger partial charge in [-0.25, -0.2) is 9.37 Å². The minimum absolute atomic E-state index is 0.0700. The number of carbonyl (C=O) groups is 2. The molecule has 0 atom stereocenters. The molecule has 3 rings (SSSR count). The Hall–Kier alpha value is -3.61. The summed E-state index contributed by atoms with van der Waals surface area (Å²) in [7, 11) is 0. The number of rotatable bonds is 4. The molecule has 0 fully saturated rings. The molecule has 3 aromatic rings. The highest BCUT2D eigenvalue weighted by Crippen LogP contribution is 2.13. The van der Waals surface area contributed by atoms with Crippen LogP contribution in [0.4, 0.5) is 15.9 Å². The lowest BCUT2D eigenvalue weighted by atomic mass is 10.2. The van der Waals surface area contributed by atoms with Crippen molar-refractivity contribution in [1.29, 1.82) is 0 Å². The molecule has 124 valence electrons. The highest BCUT2D eigenvalue weighted by Gasteiger charge is 2.12. The van der Waals surface area contributed by atoms with E-state index in [9.17, 15) is 14.0 Å². The number of nitrogens with zero attached hydrogens (tertiary/aromatic N) is 2. The first kappa shape index (κ1) is 16.3. The smallest absolute Gasteiger partial charge is 0.259 e. The second-order valence-electron chi connectivity index (χ2n) is 5.06. The zero-order valence-electron chi connectivity index (χ0n) is 12.9. The van der Waals surface area contributed by atoms with Crippen LogP contribution in [0.1, 0.15) is 20.7 Å². The largest absolute Gasteiger partial charge is 0.321 e. The third-order valence-electron chi connectivity index (χ3n) is 3.32. The van der Waals surface area contributed by atoms with Gasteiger partial charge in [-0.3, -0.25) is 14.6 Å². The van der Waals surface area contributed by atoms with Crippen LogP contribution in [0.5, 0.6) is 0 Å². The highest BCUT2D eigenvalue weighted by molar-refractivity contribution is 6.05. The van der Waals surface area contributed by atoms with Crippen LogP contribution in [-0.4, -0.2) is 21.8 Å². The monoisotopic (exact) mass is 336 g/mol. The topological polar surface area (TPSA) is 84.0 Å². The fraction of sp³-hybridized carbons (Fsp3) is 0. The molecule has 25 heavy (non-hydrogen) atoms. The quantitative estimate of drug-likeness (QED) is 0.767. The summed E-state index contributed by atoms with van der Waals surface area (Å²) in [6, 6.07) is 11.9. The molecule has 0 aliphatic carbocycles. The number of amides is 2. The highest BCUT2D eigenvalue weighted by atomic mass is 19.1. The first-order valence-electron chi connectivity index (χ1n) is 7.37. The van der Waals surface area contributed by atoms with Gasteiger partial charge in [-0.15, -0.1) is 0 Å². The van der Waals surface area contributed by atoms with E-state index in [0.717, 1.165) is 0 Å². The number of aromatic nitrogens is 2. The number of carbonyl (C=O) groups excluding carboxylic acids is 2. The summed E-state index contributed by atoms with van der Waals surface area (Å²) in [5, 5.41) is 5.18. The van der Waals surface area contributed by atoms with Crippen molar-refractivity contribution < 1.29 is 14.0 Å². The Kier molecular flexibility index (Phi) is 4.75. The van der Waals surface area contributed by atoms with Crippen LogP contribution in [0.25, 0.3) is 0 Å². The molecule has 2 heterocycles. The molecule has 0 unspecified atom stereocenters. The molecular formula is C18H13FN4O2. The lowest BCUT2D eigenvalue weighted by molar-refractivity contribution is 0.101. The SMILES string of the molecule is O=C(Nc1ccc(NC(=O)c2ccccc2F)nc1)c1ccncc1. The minimum atomic E-state index is -0.610. The van der Waals surface area contributed by atoms with Crippen molar-refractivity contribution in [2.24, 2.45) is 0 Å². The van der Waals surface area contributed by atoms with E-state index in [1.807, 2.05) is 0 Å². The summed E-state index contributed by atoms with van der Waals surface area (Å²) in [5.74, 6) is -1.26. The number of hydrogen-bond acceptors (Lipinski definition) is 4. The predicted octanol–water partition coefficient (Wildman–Crippen LogP) is 3.12. The molecule has 2 amide bonds. The van der Waals surface area contributed by atoms with Crippen molar-refractivity contribution in [2.45, 2.75) is 0 Å². The molecule has 6 nitrogen and oxygen atoms in total. The Balaban J connectivity index is 1.65. The Morgan fingerprint density at radius 3 is 2.32 bits per heavy atom. The van der Waals surface area contributed by atoms with Crippen molar-refractivity contribution in [3.05, 3.63) is 84.1 Å². The Morgan fingerprint density at radius 1 is 0.880 bits per heavy atom. The number of nitrogens with one attached hydrogen (secondary N) is 2. The van der Waals surface area contributed by atoms with Gasteiger partial charge in [0.25, 0.3) is 11.8 Å². The van der Waals surface area contributed by atoms with Crippen molar-refractivity contribution in [3.63, 3.8) is 0 Å². The molecule has 7 heteroatoms. The molecule has 1 aromatic carbocycles. The maximum absolute atomic E-state index is 13.6. The summed E-state index contributed by atoms with van der Waals surface area (Å²) >= 11 is 0. The van der Waals surface area contributed by atoms with E-state index in [1.54, 1.807) is 24.3 Å². The number of benzene rings is 1. The molecule has 0 radical (unpaired) electrons. The van der Waals surface area contributed by atoms with Gasteiger partial charge in [0.2, 0.25) is 0 Å². The Bertz CT molecular complexity index is 898. The maximum Gasteiger partial charge on any atom is 0.259 e. The molecule has 0 bridgehead atoms. The van der Waals surface area contributed by atoms with Crippen LogP contribution >= 0.6 is 0 Å². The van der Waals surface area contributed by atoms with Crippen LogP contribution in [-0.2, 0) is 0 Å². The van der Waals surface area contributed by atoms with Crippen LogP contribution < -0.4 is 10.6 Å². The molecule has 0 aliphatic heterocycles. The summed E-state index contributed by atoms with van der Waals surface area (Å²) in [6.45, 7) is 0. The van der Waals surface area contributed by atoms with Crippen LogP contribution in [0.15, 0.2) is 67.1 Å². The minimum Gasteiger partial charge on any atom is -0.321 e. The van der Waals surface area contributed by atoms with Gasteiger partial charge in [0.15, 0.2) is 0 Å². The number of pyridine rings is 2. The van der Waals surface area contributed by atoms with E-state index in [4.69, 9.17) is 0 Å². The number of halogens is 1. The Morgan fingerprint density at radius 2 is 1.64 bits per heavy atom. The lowest BCUT2D eigenvalue weighted by Gasteiger charge is -2.07. The van der Waals surface area contributed by atoms with Gasteiger partial charge >= 0.3 is 0 Å². The van der Waals surface area contributed by atoms with Crippen molar-refractivity contribution in [1.82, 2.24) is 9.97 Å². The van der Waals surface area contributed by atoms with E-state index in [1.165, 1.54) is 42.9 Å². The van der Waals surface area contributed by atoms with Gasteiger partial charge in [-0.1, -0.05) is 12.1 Å². The standard InChI is InChI=1S/C18H13FN4O2/c19-15-4-2-1-3-14(15)18(25)23-16-6-5-13(11-21-16)22-17(24)12-7-9-20-10-8-12/h1-11H,(H,22,24)(H,21,23,25). The molecule has 0 aliphatic rings. The molecule has 0 saturated carbocycles. The summed E-state index contributed by atoms with van der Waals surface area (Å²) in [4.78, 5) is 31.9. The van der Waals surface area contributed by atoms with Gasteiger partial charge in [0, 0.05) is 18.0 Å². The number of hydrogen-bond donors (Lipinski definition) is 2. The van der Waals surface area contributed by atoms with Gasteiger partial charge in [0.1, 0.15) is 11.6 Å². The molecule has 2 N–H and O–H groups in total. The lowest BCUT2D eigenvalue weighted by Crippen LogP contribution is -2.15. The first-order chi connectivity index (χ1) is 12.1. The molecular weight excluding hydrogens is 323 g/mol. The molecule has 0 saturated heterocycles. The third kappa shape index (κ3) is 4.03. The van der Waals surface area contributed by atoms with Gasteiger partial charge in [-0.05, 0) is 36.4 Å². The van der Waals surface area contributed by atoms with E-state index in [2.05, 4.69) is 20.6 Å². The number of anilines is 2. The molecule has 0 spiro atoms. The van der Waals surface area contributed by atoms with Crippen molar-refractivity contribution in [2.75, 3.05) is 10.6 Å². The first-order valence-corrected chi connectivity index (χ1v) is 7.37. The average molecular weight is 336 g/mol. The summed E-state index contributed by atoms with van der Waals surface area (Å²) < 4.78 is 13.6. The summed E-state index contributed by atoms with van der Waals surface area (Å²) in [6.07, 6.45) is 4.44. The second kappa shape index (κ2) is 7.31. The van der Waals surface area contributed by atoms with Crippen molar-refractivity contribution in [3.8, 4) is 0 Å². The fourth-order valence-corrected chi connectivity index (χ4v) is 2.08. The van der Waals surface area contributed by atoms with Gasteiger partial charge in [-0.2, -0.15) is 0 Å². The van der Waals surface area contributed by atoms with E-state index >= 15 is 0 Å². The zero-order chi connectivity index (χ0) is 17.6. The van der Waals surface area contributed by atoms with E-state index < -0.39 is 11.7 Å². The summed E-state index contributed by atoms with van der Waals surface area (Å²) in [5.41, 5.74) is 0.858. The van der Waals surface area contributed by atoms with Gasteiger partial charge < -0.3 is 10.6 Å². The maximum atomic E-state index is 13.6. The normalized spacial score (nSPS) is 10.1. The Labute approximate surface area is 142 Å². The van der Waals surface area contributed by atoms with Crippen LogP contribution in [0.3, 0.4) is 0 Å². The molecule has 2 aromatic heterocycles. The fourth-order valence-electron chi connectivity index (χ4n) is 2.08. The van der Waals surface area contributed by atoms with Crippen LogP contribution in [0, 0.1) is 5.82 Å². The average Bonchev–Trinajstić information content (AvgIpc) is 2.64. The van der Waals surface area contributed by atoms with Gasteiger partial charge in [0.05, 0.1) is 17.4 Å².